The van der Waals surface area contributed by atoms with E-state index in [1.165, 1.54) is 0 Å². The third-order valence-electron chi connectivity index (χ3n) is 5.27. The first kappa shape index (κ1) is 19.2. The second-order valence-electron chi connectivity index (χ2n) is 7.17. The van der Waals surface area contributed by atoms with Gasteiger partial charge in [0.25, 0.3) is 11.8 Å². The molecule has 0 saturated carbocycles. The van der Waals surface area contributed by atoms with Crippen LogP contribution in [0.5, 0.6) is 0 Å². The maximum Gasteiger partial charge on any atom is 0.266 e. The van der Waals surface area contributed by atoms with Crippen LogP contribution in [0.25, 0.3) is 22.6 Å². The Morgan fingerprint density at radius 2 is 1.34 bits per heavy atom. The molecule has 0 aliphatic carbocycles. The van der Waals surface area contributed by atoms with E-state index in [0.29, 0.717) is 33.9 Å². The summed E-state index contributed by atoms with van der Waals surface area (Å²) in [6.45, 7) is 0. The molecule has 152 valence electrons. The number of anilines is 2. The van der Waals surface area contributed by atoms with Gasteiger partial charge in [0.15, 0.2) is 5.82 Å². The second kappa shape index (κ2) is 7.45. The molecular formula is C25H15N5O2. The number of benzene rings is 3. The lowest BCUT2D eigenvalue weighted by molar-refractivity contribution is 0.0926. The molecule has 1 aromatic heterocycles. The molecular weight excluding hydrogens is 402 g/mol. The normalized spacial score (nSPS) is 12.5. The number of aromatic nitrogens is 2. The molecule has 7 nitrogen and oxygen atoms in total. The van der Waals surface area contributed by atoms with Crippen molar-refractivity contribution >= 4 is 23.3 Å². The van der Waals surface area contributed by atoms with E-state index in [1.807, 2.05) is 30.3 Å². The Hall–Kier alpha value is -4.83. The van der Waals surface area contributed by atoms with Crippen molar-refractivity contribution in [2.24, 2.45) is 0 Å². The van der Waals surface area contributed by atoms with E-state index < -0.39 is 0 Å². The third kappa shape index (κ3) is 2.99. The van der Waals surface area contributed by atoms with Crippen LogP contribution in [0, 0.1) is 11.3 Å². The number of carbonyl (C=O) groups excluding carboxylic acids is 2. The molecule has 7 heteroatoms. The van der Waals surface area contributed by atoms with Crippen molar-refractivity contribution in [1.29, 1.82) is 5.26 Å². The lowest BCUT2D eigenvalue weighted by Crippen LogP contribution is -2.29. The number of carbonyl (C=O) groups is 2. The molecule has 3 aromatic carbocycles. The minimum Gasteiger partial charge on any atom is -0.382 e. The Kier molecular flexibility index (Phi) is 4.46. The summed E-state index contributed by atoms with van der Waals surface area (Å²) in [5, 5.41) is 9.61. The monoisotopic (exact) mass is 417 g/mol. The third-order valence-corrected chi connectivity index (χ3v) is 5.27. The summed E-state index contributed by atoms with van der Waals surface area (Å²) in [5.41, 5.74) is 9.18. The number of nitrogens with two attached hydrogens (primary N) is 1. The number of hydrogen-bond acceptors (Lipinski definition) is 6. The van der Waals surface area contributed by atoms with E-state index in [0.717, 1.165) is 10.5 Å². The molecule has 5 rings (SSSR count). The van der Waals surface area contributed by atoms with Crippen LogP contribution >= 0.6 is 0 Å². The highest BCUT2D eigenvalue weighted by atomic mass is 16.2. The van der Waals surface area contributed by atoms with E-state index in [2.05, 4.69) is 16.0 Å². The molecule has 0 spiro atoms. The fourth-order valence-electron chi connectivity index (χ4n) is 3.71. The standard InChI is InChI=1S/C25H15N5O2/c26-14-20-21(28-23(29-22(20)27)16-6-2-1-3-7-16)15-10-12-17(13-11-15)30-24(31)18-8-4-5-9-19(18)25(30)32/h1-13H,(H2,27,28,29). The van der Waals surface area contributed by atoms with Crippen LogP contribution in [0.2, 0.25) is 0 Å². The first-order valence-electron chi connectivity index (χ1n) is 9.80. The predicted molar refractivity (Wildman–Crippen MR) is 120 cm³/mol. The van der Waals surface area contributed by atoms with Gasteiger partial charge in [-0.05, 0) is 24.3 Å². The van der Waals surface area contributed by atoms with Gasteiger partial charge in [-0.2, -0.15) is 5.26 Å². The number of rotatable bonds is 3. The van der Waals surface area contributed by atoms with E-state index in [4.69, 9.17) is 5.73 Å². The maximum atomic E-state index is 12.7. The quantitative estimate of drug-likeness (QED) is 0.503. The number of nitriles is 1. The smallest absolute Gasteiger partial charge is 0.266 e. The molecule has 0 fully saturated rings. The Balaban J connectivity index is 1.55. The van der Waals surface area contributed by atoms with Gasteiger partial charge in [0.05, 0.1) is 22.5 Å². The highest BCUT2D eigenvalue weighted by Crippen LogP contribution is 2.32. The van der Waals surface area contributed by atoms with Gasteiger partial charge >= 0.3 is 0 Å². The minimum absolute atomic E-state index is 0.0841. The summed E-state index contributed by atoms with van der Waals surface area (Å²) < 4.78 is 0. The van der Waals surface area contributed by atoms with E-state index in [9.17, 15) is 14.9 Å². The van der Waals surface area contributed by atoms with Gasteiger partial charge in [-0.15, -0.1) is 0 Å². The summed E-state index contributed by atoms with van der Waals surface area (Å²) in [6, 6.07) is 24.8. The van der Waals surface area contributed by atoms with Crippen molar-refractivity contribution in [2.45, 2.75) is 0 Å². The summed E-state index contributed by atoms with van der Waals surface area (Å²) in [4.78, 5) is 35.5. The fourth-order valence-corrected chi connectivity index (χ4v) is 3.71. The number of amides is 2. The lowest BCUT2D eigenvalue weighted by atomic mass is 10.1. The van der Waals surface area contributed by atoms with Crippen molar-refractivity contribution in [3.63, 3.8) is 0 Å². The average molecular weight is 417 g/mol. The first-order valence-corrected chi connectivity index (χ1v) is 9.80. The van der Waals surface area contributed by atoms with Gasteiger partial charge in [0.1, 0.15) is 17.5 Å². The highest BCUT2D eigenvalue weighted by molar-refractivity contribution is 6.34. The molecule has 0 bridgehead atoms. The molecule has 0 radical (unpaired) electrons. The van der Waals surface area contributed by atoms with Crippen LogP contribution in [0.15, 0.2) is 78.9 Å². The minimum atomic E-state index is -0.367. The maximum absolute atomic E-state index is 12.7. The van der Waals surface area contributed by atoms with E-state index in [-0.39, 0.29) is 23.2 Å². The second-order valence-corrected chi connectivity index (χ2v) is 7.17. The highest BCUT2D eigenvalue weighted by Gasteiger charge is 2.36. The summed E-state index contributed by atoms with van der Waals surface area (Å²) in [7, 11) is 0. The van der Waals surface area contributed by atoms with Crippen molar-refractivity contribution in [3.05, 3.63) is 95.6 Å². The van der Waals surface area contributed by atoms with Crippen LogP contribution in [0.3, 0.4) is 0 Å². The number of imide groups is 1. The van der Waals surface area contributed by atoms with Crippen molar-refractivity contribution in [1.82, 2.24) is 9.97 Å². The molecule has 32 heavy (non-hydrogen) atoms. The fraction of sp³-hybridized carbons (Fsp3) is 0. The van der Waals surface area contributed by atoms with Crippen molar-refractivity contribution < 1.29 is 9.59 Å². The Bertz CT molecular complexity index is 1390. The molecule has 4 aromatic rings. The number of nitrogen functional groups attached to an aromatic ring is 1. The van der Waals surface area contributed by atoms with Crippen LogP contribution < -0.4 is 10.6 Å². The van der Waals surface area contributed by atoms with Crippen LogP contribution in [-0.4, -0.2) is 21.8 Å². The summed E-state index contributed by atoms with van der Waals surface area (Å²) in [5.74, 6) is -0.246. The molecule has 0 atom stereocenters. The summed E-state index contributed by atoms with van der Waals surface area (Å²) >= 11 is 0. The van der Waals surface area contributed by atoms with Gasteiger partial charge in [-0.1, -0.05) is 54.6 Å². The molecule has 0 saturated heterocycles. The zero-order valence-corrected chi connectivity index (χ0v) is 16.7. The molecule has 0 unspecified atom stereocenters. The average Bonchev–Trinajstić information content (AvgIpc) is 3.09. The predicted octanol–water partition coefficient (Wildman–Crippen LogP) is 4.07. The Morgan fingerprint density at radius 3 is 1.94 bits per heavy atom. The first-order chi connectivity index (χ1) is 15.6. The zero-order valence-electron chi connectivity index (χ0n) is 16.7. The topological polar surface area (TPSA) is 113 Å². The van der Waals surface area contributed by atoms with Crippen molar-refractivity contribution in [2.75, 3.05) is 10.6 Å². The van der Waals surface area contributed by atoms with Crippen LogP contribution in [-0.2, 0) is 0 Å². The lowest BCUT2D eigenvalue weighted by Gasteiger charge is -2.15. The largest absolute Gasteiger partial charge is 0.382 e. The molecule has 2 N–H and O–H groups in total. The molecule has 1 aliphatic heterocycles. The number of hydrogen-bond donors (Lipinski definition) is 1. The van der Waals surface area contributed by atoms with Gasteiger partial charge in [0.2, 0.25) is 0 Å². The molecule has 1 aliphatic rings. The Morgan fingerprint density at radius 1 is 0.750 bits per heavy atom. The van der Waals surface area contributed by atoms with Crippen LogP contribution in [0.4, 0.5) is 11.5 Å². The van der Waals surface area contributed by atoms with Gasteiger partial charge in [0, 0.05) is 11.1 Å². The summed E-state index contributed by atoms with van der Waals surface area (Å²) in [6.07, 6.45) is 0. The van der Waals surface area contributed by atoms with E-state index in [1.54, 1.807) is 48.5 Å². The van der Waals surface area contributed by atoms with Gasteiger partial charge < -0.3 is 5.73 Å². The number of nitrogens with zero attached hydrogens (tertiary/aromatic N) is 4. The van der Waals surface area contributed by atoms with Crippen LogP contribution in [0.1, 0.15) is 26.3 Å². The van der Waals surface area contributed by atoms with Gasteiger partial charge in [-0.3, -0.25) is 9.59 Å². The molecule has 2 heterocycles. The molecule has 2 amide bonds. The number of fused-ring (bicyclic) bond motifs is 1. The van der Waals surface area contributed by atoms with E-state index >= 15 is 0 Å². The SMILES string of the molecule is N#Cc1c(N)nc(-c2ccccc2)nc1-c1ccc(N2C(=O)c3ccccc3C2=O)cc1. The van der Waals surface area contributed by atoms with Crippen molar-refractivity contribution in [3.8, 4) is 28.7 Å². The Labute approximate surface area is 183 Å². The zero-order chi connectivity index (χ0) is 22.2. The van der Waals surface area contributed by atoms with Gasteiger partial charge in [-0.25, -0.2) is 14.9 Å².